The Labute approximate surface area is 162 Å². The van der Waals surface area contributed by atoms with Crippen LogP contribution < -0.4 is 10.1 Å². The first-order valence-electron chi connectivity index (χ1n) is 8.65. The lowest BCUT2D eigenvalue weighted by Gasteiger charge is -2.12. The predicted molar refractivity (Wildman–Crippen MR) is 101 cm³/mol. The van der Waals surface area contributed by atoms with Gasteiger partial charge in [0.05, 0.1) is 0 Å². The molecule has 0 spiro atoms. The van der Waals surface area contributed by atoms with Gasteiger partial charge >= 0.3 is 12.6 Å². The summed E-state index contributed by atoms with van der Waals surface area (Å²) in [5.41, 5.74) is 1.70. The number of halogens is 2. The molecule has 0 aliphatic carbocycles. The Morgan fingerprint density at radius 1 is 1.07 bits per heavy atom. The molecule has 7 heteroatoms. The van der Waals surface area contributed by atoms with Gasteiger partial charge in [-0.2, -0.15) is 8.78 Å². The second kappa shape index (κ2) is 10.8. The molecule has 0 aliphatic rings. The number of carbonyl (C=O) groups excluding carboxylic acids is 2. The number of ether oxygens (including phenoxy) is 2. The van der Waals surface area contributed by atoms with Crippen molar-refractivity contribution in [3.05, 3.63) is 71.8 Å². The molecule has 2 aromatic carbocycles. The zero-order valence-corrected chi connectivity index (χ0v) is 15.3. The number of nitrogens with one attached hydrogen (secondary N) is 1. The first kappa shape index (κ1) is 21.1. The van der Waals surface area contributed by atoms with E-state index in [9.17, 15) is 18.4 Å². The van der Waals surface area contributed by atoms with E-state index in [0.29, 0.717) is 12.1 Å². The maximum atomic E-state index is 12.1. The van der Waals surface area contributed by atoms with E-state index in [1.54, 1.807) is 0 Å². The average molecular weight is 389 g/mol. The van der Waals surface area contributed by atoms with Gasteiger partial charge in [0.25, 0.3) is 5.91 Å². The average Bonchev–Trinajstić information content (AvgIpc) is 2.70. The van der Waals surface area contributed by atoms with E-state index < -0.39 is 18.5 Å². The van der Waals surface area contributed by atoms with E-state index >= 15 is 0 Å². The number of hydrogen-bond acceptors (Lipinski definition) is 4. The van der Waals surface area contributed by atoms with Crippen LogP contribution in [0.1, 0.15) is 24.0 Å². The summed E-state index contributed by atoms with van der Waals surface area (Å²) in [6.07, 6.45) is 2.60. The molecule has 0 saturated heterocycles. The molecule has 0 unspecified atom stereocenters. The Morgan fingerprint density at radius 2 is 1.75 bits per heavy atom. The smallest absolute Gasteiger partial charge is 0.387 e. The Kier molecular flexibility index (Phi) is 8.14. The fourth-order valence-electron chi connectivity index (χ4n) is 2.33. The zero-order valence-electron chi connectivity index (χ0n) is 15.3. The SMILES string of the molecule is C[C@H](CNC(=O)COC(=O)/C=C/c1ccc(OC(F)F)cc1)c1ccccc1. The number of hydrogen-bond donors (Lipinski definition) is 1. The van der Waals surface area contributed by atoms with Crippen molar-refractivity contribution in [2.45, 2.75) is 19.5 Å². The van der Waals surface area contributed by atoms with Crippen molar-refractivity contribution in [3.63, 3.8) is 0 Å². The normalized spacial score (nSPS) is 12.0. The molecular weight excluding hydrogens is 368 g/mol. The summed E-state index contributed by atoms with van der Waals surface area (Å²) in [4.78, 5) is 23.5. The summed E-state index contributed by atoms with van der Waals surface area (Å²) in [7, 11) is 0. The van der Waals surface area contributed by atoms with E-state index in [1.807, 2.05) is 37.3 Å². The Morgan fingerprint density at radius 3 is 2.39 bits per heavy atom. The minimum atomic E-state index is -2.89. The molecule has 1 atom stereocenters. The second-order valence-corrected chi connectivity index (χ2v) is 6.00. The van der Waals surface area contributed by atoms with Gasteiger partial charge < -0.3 is 14.8 Å². The molecule has 148 valence electrons. The van der Waals surface area contributed by atoms with Crippen molar-refractivity contribution in [1.82, 2.24) is 5.32 Å². The highest BCUT2D eigenvalue weighted by molar-refractivity contribution is 5.89. The molecule has 0 aliphatic heterocycles. The van der Waals surface area contributed by atoms with Gasteiger partial charge in [-0.05, 0) is 35.3 Å². The van der Waals surface area contributed by atoms with Crippen LogP contribution in [0.4, 0.5) is 8.78 Å². The summed E-state index contributed by atoms with van der Waals surface area (Å²) in [5.74, 6) is -0.911. The van der Waals surface area contributed by atoms with Gasteiger partial charge in [0.1, 0.15) is 5.75 Å². The molecular formula is C21H21F2NO4. The van der Waals surface area contributed by atoms with Crippen LogP contribution in [0.3, 0.4) is 0 Å². The lowest BCUT2D eigenvalue weighted by Crippen LogP contribution is -2.31. The number of alkyl halides is 2. The molecule has 1 N–H and O–H groups in total. The molecule has 2 rings (SSSR count). The minimum absolute atomic E-state index is 0.0242. The van der Waals surface area contributed by atoms with E-state index in [2.05, 4.69) is 10.1 Å². The third-order valence-corrected chi connectivity index (χ3v) is 3.84. The molecule has 1 amide bonds. The fourth-order valence-corrected chi connectivity index (χ4v) is 2.33. The molecule has 0 bridgehead atoms. The van der Waals surface area contributed by atoms with Gasteiger partial charge in [-0.3, -0.25) is 4.79 Å². The molecule has 0 saturated carbocycles. The highest BCUT2D eigenvalue weighted by Crippen LogP contribution is 2.15. The highest BCUT2D eigenvalue weighted by Gasteiger charge is 2.09. The first-order valence-corrected chi connectivity index (χ1v) is 8.65. The summed E-state index contributed by atoms with van der Waals surface area (Å²) < 4.78 is 33.3. The molecule has 0 aromatic heterocycles. The summed E-state index contributed by atoms with van der Waals surface area (Å²) >= 11 is 0. The summed E-state index contributed by atoms with van der Waals surface area (Å²) in [5, 5.41) is 2.72. The summed E-state index contributed by atoms with van der Waals surface area (Å²) in [6, 6.07) is 15.5. The van der Waals surface area contributed by atoms with Crippen molar-refractivity contribution < 1.29 is 27.8 Å². The maximum absolute atomic E-state index is 12.1. The van der Waals surface area contributed by atoms with Gasteiger partial charge in [-0.15, -0.1) is 0 Å². The van der Waals surface area contributed by atoms with E-state index in [0.717, 1.165) is 11.6 Å². The third kappa shape index (κ3) is 7.57. The van der Waals surface area contributed by atoms with E-state index in [-0.39, 0.29) is 18.3 Å². The van der Waals surface area contributed by atoms with Gasteiger partial charge in [0, 0.05) is 12.6 Å². The lowest BCUT2D eigenvalue weighted by atomic mass is 10.0. The van der Waals surface area contributed by atoms with Gasteiger partial charge in [0.2, 0.25) is 0 Å². The molecule has 0 fully saturated rings. The van der Waals surface area contributed by atoms with Gasteiger partial charge in [-0.25, -0.2) is 4.79 Å². The van der Waals surface area contributed by atoms with Crippen LogP contribution in [0.25, 0.3) is 6.08 Å². The van der Waals surface area contributed by atoms with E-state index in [4.69, 9.17) is 4.74 Å². The number of amides is 1. The summed E-state index contributed by atoms with van der Waals surface area (Å²) in [6.45, 7) is -0.852. The van der Waals surface area contributed by atoms with Crippen molar-refractivity contribution in [3.8, 4) is 5.75 Å². The highest BCUT2D eigenvalue weighted by atomic mass is 19.3. The van der Waals surface area contributed by atoms with Crippen LogP contribution in [0.15, 0.2) is 60.7 Å². The van der Waals surface area contributed by atoms with Crippen molar-refractivity contribution in [1.29, 1.82) is 0 Å². The number of benzene rings is 2. The molecule has 28 heavy (non-hydrogen) atoms. The van der Waals surface area contributed by atoms with Crippen molar-refractivity contribution in [2.24, 2.45) is 0 Å². The fraction of sp³-hybridized carbons (Fsp3) is 0.238. The van der Waals surface area contributed by atoms with Crippen LogP contribution in [0.5, 0.6) is 5.75 Å². The van der Waals surface area contributed by atoms with Crippen molar-refractivity contribution in [2.75, 3.05) is 13.2 Å². The molecule has 0 heterocycles. The monoisotopic (exact) mass is 389 g/mol. The Bertz CT molecular complexity index is 792. The van der Waals surface area contributed by atoms with Crippen LogP contribution >= 0.6 is 0 Å². The maximum Gasteiger partial charge on any atom is 0.387 e. The van der Waals surface area contributed by atoms with Crippen LogP contribution in [-0.2, 0) is 14.3 Å². The Balaban J connectivity index is 1.71. The van der Waals surface area contributed by atoms with Gasteiger partial charge in [-0.1, -0.05) is 49.4 Å². The third-order valence-electron chi connectivity index (χ3n) is 3.84. The first-order chi connectivity index (χ1) is 13.4. The molecule has 0 radical (unpaired) electrons. The Hall–Kier alpha value is -3.22. The number of carbonyl (C=O) groups is 2. The topological polar surface area (TPSA) is 64.6 Å². The number of esters is 1. The largest absolute Gasteiger partial charge is 0.452 e. The predicted octanol–water partition coefficient (Wildman–Crippen LogP) is 3.76. The molecule has 2 aromatic rings. The van der Waals surface area contributed by atoms with Gasteiger partial charge in [0.15, 0.2) is 6.61 Å². The van der Waals surface area contributed by atoms with Crippen LogP contribution in [0, 0.1) is 0 Å². The van der Waals surface area contributed by atoms with Crippen LogP contribution in [0.2, 0.25) is 0 Å². The quantitative estimate of drug-likeness (QED) is 0.524. The lowest BCUT2D eigenvalue weighted by molar-refractivity contribution is -0.143. The van der Waals surface area contributed by atoms with E-state index in [1.165, 1.54) is 30.3 Å². The standard InChI is InChI=1S/C21H21F2NO4/c1-15(17-5-3-2-4-6-17)13-24-19(25)14-27-20(26)12-9-16-7-10-18(11-8-16)28-21(22)23/h2-12,15,21H,13-14H2,1H3,(H,24,25)/b12-9+/t15-/m1/s1. The van der Waals surface area contributed by atoms with Crippen molar-refractivity contribution >= 4 is 18.0 Å². The number of rotatable bonds is 9. The minimum Gasteiger partial charge on any atom is -0.452 e. The second-order valence-electron chi connectivity index (χ2n) is 6.00. The van der Waals surface area contributed by atoms with Crippen LogP contribution in [-0.4, -0.2) is 31.6 Å². The molecule has 5 nitrogen and oxygen atoms in total. The zero-order chi connectivity index (χ0) is 20.4.